The Bertz CT molecular complexity index is 283. The molecule has 1 heterocycles. The second-order valence-electron chi connectivity index (χ2n) is 4.24. The van der Waals surface area contributed by atoms with Gasteiger partial charge in [0.05, 0.1) is 25.7 Å². The van der Waals surface area contributed by atoms with Crippen molar-refractivity contribution in [3.05, 3.63) is 0 Å². The van der Waals surface area contributed by atoms with Gasteiger partial charge < -0.3 is 20.1 Å². The average Bonchev–Trinajstić information content (AvgIpc) is 2.83. The number of nitrogens with one attached hydrogen (secondary N) is 2. The van der Waals surface area contributed by atoms with Gasteiger partial charge in [-0.05, 0) is 20.4 Å². The van der Waals surface area contributed by atoms with Crippen LogP contribution in [0.1, 0.15) is 19.8 Å². The van der Waals surface area contributed by atoms with Crippen LogP contribution >= 0.6 is 0 Å². The Morgan fingerprint density at radius 3 is 2.83 bits per heavy atom. The second kappa shape index (κ2) is 8.05. The quantitative estimate of drug-likeness (QED) is 0.483. The van der Waals surface area contributed by atoms with Gasteiger partial charge >= 0.3 is 5.97 Å². The van der Waals surface area contributed by atoms with E-state index < -0.39 is 0 Å². The SMILES string of the molecule is CCOC(=O)CCCNC(=O)C1COCC1NC. The van der Waals surface area contributed by atoms with E-state index in [1.807, 2.05) is 7.05 Å². The molecule has 2 unspecified atom stereocenters. The lowest BCUT2D eigenvalue weighted by Gasteiger charge is -2.16. The molecule has 0 aromatic carbocycles. The average molecular weight is 258 g/mol. The Hall–Kier alpha value is -1.14. The van der Waals surface area contributed by atoms with Gasteiger partial charge in [0.2, 0.25) is 5.91 Å². The predicted octanol–water partition coefficient (Wildman–Crippen LogP) is -0.320. The van der Waals surface area contributed by atoms with Crippen LogP contribution in [0.5, 0.6) is 0 Å². The minimum absolute atomic E-state index is 0.0179. The maximum atomic E-state index is 11.8. The van der Waals surface area contributed by atoms with Crippen molar-refractivity contribution in [1.82, 2.24) is 10.6 Å². The molecule has 6 heteroatoms. The molecule has 0 aliphatic carbocycles. The van der Waals surface area contributed by atoms with E-state index in [0.29, 0.717) is 39.2 Å². The van der Waals surface area contributed by atoms with Crippen molar-refractivity contribution >= 4 is 11.9 Å². The Kier molecular flexibility index (Phi) is 6.67. The Morgan fingerprint density at radius 1 is 1.39 bits per heavy atom. The number of esters is 1. The highest BCUT2D eigenvalue weighted by atomic mass is 16.5. The number of hydrogen-bond donors (Lipinski definition) is 2. The molecular weight excluding hydrogens is 236 g/mol. The first kappa shape index (κ1) is 14.9. The molecule has 1 aliphatic rings. The van der Waals surface area contributed by atoms with Gasteiger partial charge in [-0.1, -0.05) is 0 Å². The molecule has 1 aliphatic heterocycles. The minimum atomic E-state index is -0.218. The van der Waals surface area contributed by atoms with Crippen LogP contribution in [-0.4, -0.2) is 51.3 Å². The summed E-state index contributed by atoms with van der Waals surface area (Å²) >= 11 is 0. The second-order valence-corrected chi connectivity index (χ2v) is 4.24. The number of ether oxygens (including phenoxy) is 2. The van der Waals surface area contributed by atoms with Crippen molar-refractivity contribution in [2.45, 2.75) is 25.8 Å². The molecule has 2 N–H and O–H groups in total. The molecule has 1 rings (SSSR count). The molecule has 2 atom stereocenters. The summed E-state index contributed by atoms with van der Waals surface area (Å²) in [5, 5.41) is 5.88. The Balaban J connectivity index is 2.15. The summed E-state index contributed by atoms with van der Waals surface area (Å²) in [4.78, 5) is 22.9. The van der Waals surface area contributed by atoms with Crippen LogP contribution in [-0.2, 0) is 19.1 Å². The van der Waals surface area contributed by atoms with E-state index in [9.17, 15) is 9.59 Å². The van der Waals surface area contributed by atoms with E-state index >= 15 is 0 Å². The standard InChI is InChI=1S/C12H22N2O4/c1-3-18-11(15)5-4-6-14-12(16)9-7-17-8-10(9)13-2/h9-10,13H,3-8H2,1-2H3,(H,14,16). The lowest BCUT2D eigenvalue weighted by molar-refractivity contribution is -0.143. The van der Waals surface area contributed by atoms with Crippen molar-refractivity contribution in [2.75, 3.05) is 33.4 Å². The number of rotatable bonds is 7. The van der Waals surface area contributed by atoms with Crippen LogP contribution in [0.3, 0.4) is 0 Å². The molecule has 18 heavy (non-hydrogen) atoms. The van der Waals surface area contributed by atoms with E-state index in [0.717, 1.165) is 0 Å². The van der Waals surface area contributed by atoms with Crippen LogP contribution < -0.4 is 10.6 Å². The number of hydrogen-bond acceptors (Lipinski definition) is 5. The van der Waals surface area contributed by atoms with Crippen LogP contribution in [0.15, 0.2) is 0 Å². The number of amides is 1. The summed E-state index contributed by atoms with van der Waals surface area (Å²) < 4.78 is 10.1. The molecule has 6 nitrogen and oxygen atoms in total. The lowest BCUT2D eigenvalue weighted by atomic mass is 10.0. The molecule has 104 valence electrons. The van der Waals surface area contributed by atoms with Crippen LogP contribution in [0.2, 0.25) is 0 Å². The summed E-state index contributed by atoms with van der Waals surface area (Å²) in [6.07, 6.45) is 0.938. The zero-order chi connectivity index (χ0) is 13.4. The lowest BCUT2D eigenvalue weighted by Crippen LogP contribution is -2.42. The Morgan fingerprint density at radius 2 is 2.17 bits per heavy atom. The van der Waals surface area contributed by atoms with Crippen LogP contribution in [0, 0.1) is 5.92 Å². The molecule has 1 amide bonds. The third-order valence-electron chi connectivity index (χ3n) is 2.95. The summed E-state index contributed by atoms with van der Waals surface area (Å²) in [6, 6.07) is 0.0788. The number of carbonyl (C=O) groups excluding carboxylic acids is 2. The van der Waals surface area contributed by atoms with Gasteiger partial charge in [0.25, 0.3) is 0 Å². The zero-order valence-corrected chi connectivity index (χ0v) is 11.0. The fraction of sp³-hybridized carbons (Fsp3) is 0.833. The first-order valence-electron chi connectivity index (χ1n) is 6.37. The molecule has 0 radical (unpaired) electrons. The van der Waals surface area contributed by atoms with Crippen molar-refractivity contribution in [3.8, 4) is 0 Å². The van der Waals surface area contributed by atoms with Gasteiger partial charge in [0, 0.05) is 19.0 Å². The number of likely N-dealkylation sites (N-methyl/N-ethyl adjacent to an activating group) is 1. The highest BCUT2D eigenvalue weighted by Crippen LogP contribution is 2.13. The molecule has 0 saturated carbocycles. The zero-order valence-electron chi connectivity index (χ0n) is 11.0. The third-order valence-corrected chi connectivity index (χ3v) is 2.95. The van der Waals surface area contributed by atoms with Crippen LogP contribution in [0.4, 0.5) is 0 Å². The van der Waals surface area contributed by atoms with E-state index in [2.05, 4.69) is 10.6 Å². The molecular formula is C12H22N2O4. The maximum Gasteiger partial charge on any atom is 0.305 e. The van der Waals surface area contributed by atoms with E-state index in [1.165, 1.54) is 0 Å². The van der Waals surface area contributed by atoms with Crippen molar-refractivity contribution in [2.24, 2.45) is 5.92 Å². The van der Waals surface area contributed by atoms with Crippen molar-refractivity contribution in [3.63, 3.8) is 0 Å². The summed E-state index contributed by atoms with van der Waals surface area (Å²) in [5.41, 5.74) is 0. The molecule has 1 saturated heterocycles. The van der Waals surface area contributed by atoms with Gasteiger partial charge in [-0.2, -0.15) is 0 Å². The van der Waals surface area contributed by atoms with Gasteiger partial charge in [-0.25, -0.2) is 0 Å². The van der Waals surface area contributed by atoms with Crippen molar-refractivity contribution in [1.29, 1.82) is 0 Å². The van der Waals surface area contributed by atoms with E-state index in [-0.39, 0.29) is 23.8 Å². The van der Waals surface area contributed by atoms with Crippen LogP contribution in [0.25, 0.3) is 0 Å². The topological polar surface area (TPSA) is 76.7 Å². The highest BCUT2D eigenvalue weighted by molar-refractivity contribution is 5.79. The fourth-order valence-electron chi connectivity index (χ4n) is 1.91. The minimum Gasteiger partial charge on any atom is -0.466 e. The highest BCUT2D eigenvalue weighted by Gasteiger charge is 2.32. The molecule has 1 fully saturated rings. The fourth-order valence-corrected chi connectivity index (χ4v) is 1.91. The molecule has 0 spiro atoms. The third kappa shape index (κ3) is 4.62. The smallest absolute Gasteiger partial charge is 0.305 e. The van der Waals surface area contributed by atoms with Gasteiger partial charge in [-0.3, -0.25) is 9.59 Å². The Labute approximate surface area is 107 Å². The first-order chi connectivity index (χ1) is 8.69. The molecule has 0 bridgehead atoms. The van der Waals surface area contributed by atoms with Gasteiger partial charge in [0.15, 0.2) is 0 Å². The van der Waals surface area contributed by atoms with Gasteiger partial charge in [-0.15, -0.1) is 0 Å². The van der Waals surface area contributed by atoms with E-state index in [1.54, 1.807) is 6.92 Å². The monoisotopic (exact) mass is 258 g/mol. The van der Waals surface area contributed by atoms with Crippen molar-refractivity contribution < 1.29 is 19.1 Å². The van der Waals surface area contributed by atoms with E-state index in [4.69, 9.17) is 9.47 Å². The summed E-state index contributed by atoms with van der Waals surface area (Å²) in [7, 11) is 1.82. The van der Waals surface area contributed by atoms with Gasteiger partial charge in [0.1, 0.15) is 0 Å². The normalized spacial score (nSPS) is 22.8. The molecule has 0 aromatic rings. The first-order valence-corrected chi connectivity index (χ1v) is 6.37. The summed E-state index contributed by atoms with van der Waals surface area (Å²) in [5.74, 6) is -0.377. The number of carbonyl (C=O) groups is 2. The largest absolute Gasteiger partial charge is 0.466 e. The maximum absolute atomic E-state index is 11.8. The molecule has 0 aromatic heterocycles. The summed E-state index contributed by atoms with van der Waals surface area (Å²) in [6.45, 7) is 3.68. The predicted molar refractivity (Wildman–Crippen MR) is 66.0 cm³/mol.